The highest BCUT2D eigenvalue weighted by Crippen LogP contribution is 2.18. The van der Waals surface area contributed by atoms with Crippen LogP contribution in [0.3, 0.4) is 0 Å². The summed E-state index contributed by atoms with van der Waals surface area (Å²) in [6.45, 7) is 0.247. The van der Waals surface area contributed by atoms with E-state index in [2.05, 4.69) is 20.6 Å². The quantitative estimate of drug-likeness (QED) is 0.617. The molecule has 7 heteroatoms. The van der Waals surface area contributed by atoms with E-state index >= 15 is 0 Å². The summed E-state index contributed by atoms with van der Waals surface area (Å²) in [5.41, 5.74) is 3.86. The van der Waals surface area contributed by atoms with Crippen LogP contribution in [0.1, 0.15) is 17.2 Å². The predicted molar refractivity (Wildman–Crippen MR) is 104 cm³/mol. The Morgan fingerprint density at radius 1 is 1.26 bits per heavy atom. The molecule has 7 nitrogen and oxygen atoms in total. The van der Waals surface area contributed by atoms with E-state index in [1.807, 2.05) is 60.1 Å². The lowest BCUT2D eigenvalue weighted by molar-refractivity contribution is -0.115. The number of rotatable bonds is 4. The fraction of sp³-hybridized carbons (Fsp3) is 0.150. The first-order valence-electron chi connectivity index (χ1n) is 8.60. The van der Waals surface area contributed by atoms with Crippen LogP contribution in [0, 0.1) is 0 Å². The van der Waals surface area contributed by atoms with E-state index in [-0.39, 0.29) is 12.5 Å². The number of carbonyl (C=O) groups excluding carboxylic acids is 1. The average Bonchev–Trinajstić information content (AvgIpc) is 3.23. The number of aliphatic hydroxyl groups excluding tert-OH is 1. The molecule has 0 bridgehead atoms. The third-order valence-electron chi connectivity index (χ3n) is 4.40. The number of benzene rings is 2. The van der Waals surface area contributed by atoms with Crippen molar-refractivity contribution in [2.45, 2.75) is 6.10 Å². The Hall–Kier alpha value is -3.45. The zero-order valence-corrected chi connectivity index (χ0v) is 14.8. The second kappa shape index (κ2) is 7.05. The van der Waals surface area contributed by atoms with Crippen LogP contribution < -0.4 is 10.6 Å². The number of aryl methyl sites for hydroxylation is 1. The van der Waals surface area contributed by atoms with Crippen LogP contribution in [0.15, 0.2) is 65.5 Å². The van der Waals surface area contributed by atoms with E-state index in [1.165, 1.54) is 0 Å². The van der Waals surface area contributed by atoms with E-state index < -0.39 is 6.10 Å². The summed E-state index contributed by atoms with van der Waals surface area (Å²) in [5.74, 6) is 0.0552. The highest BCUT2D eigenvalue weighted by atomic mass is 16.3. The summed E-state index contributed by atoms with van der Waals surface area (Å²) in [5, 5.41) is 15.9. The molecule has 0 aliphatic carbocycles. The van der Waals surface area contributed by atoms with Gasteiger partial charge < -0.3 is 15.0 Å². The van der Waals surface area contributed by atoms with E-state index in [9.17, 15) is 9.90 Å². The second-order valence-electron chi connectivity index (χ2n) is 6.36. The topological polar surface area (TPSA) is 91.5 Å². The molecule has 1 atom stereocenters. The number of guanidine groups is 1. The summed E-state index contributed by atoms with van der Waals surface area (Å²) in [4.78, 5) is 20.7. The van der Waals surface area contributed by atoms with E-state index in [0.29, 0.717) is 11.7 Å². The second-order valence-corrected chi connectivity index (χ2v) is 6.36. The highest BCUT2D eigenvalue weighted by Gasteiger charge is 2.20. The number of aliphatic hydroxyl groups is 1. The maximum atomic E-state index is 12.2. The number of aliphatic imine (C=N–C) groups is 1. The molecule has 2 aromatic carbocycles. The van der Waals surface area contributed by atoms with E-state index in [4.69, 9.17) is 0 Å². The Morgan fingerprint density at radius 2 is 2.07 bits per heavy atom. The highest BCUT2D eigenvalue weighted by molar-refractivity contribution is 6.13. The Morgan fingerprint density at radius 3 is 2.89 bits per heavy atom. The number of imidazole rings is 1. The Kier molecular flexibility index (Phi) is 4.43. The first-order valence-corrected chi connectivity index (χ1v) is 8.60. The molecular weight excluding hydrogens is 342 g/mol. The number of carbonyl (C=O) groups is 1. The fourth-order valence-corrected chi connectivity index (χ4v) is 2.93. The molecule has 2 heterocycles. The van der Waals surface area contributed by atoms with Crippen molar-refractivity contribution < 1.29 is 9.90 Å². The van der Waals surface area contributed by atoms with Gasteiger partial charge in [0.25, 0.3) is 5.91 Å². The van der Waals surface area contributed by atoms with Crippen LogP contribution in [-0.2, 0) is 11.8 Å². The molecule has 1 aliphatic rings. The average molecular weight is 361 g/mol. The number of nitrogens with zero attached hydrogens (tertiary/aromatic N) is 3. The van der Waals surface area contributed by atoms with Gasteiger partial charge in [-0.1, -0.05) is 36.4 Å². The van der Waals surface area contributed by atoms with Gasteiger partial charge in [0.05, 0.1) is 23.5 Å². The van der Waals surface area contributed by atoms with Crippen molar-refractivity contribution in [2.75, 3.05) is 6.54 Å². The van der Waals surface area contributed by atoms with Gasteiger partial charge in [-0.15, -0.1) is 0 Å². The molecule has 0 unspecified atom stereocenters. The fourth-order valence-electron chi connectivity index (χ4n) is 2.93. The maximum absolute atomic E-state index is 12.2. The first-order chi connectivity index (χ1) is 13.1. The lowest BCUT2D eigenvalue weighted by Gasteiger charge is -2.12. The molecule has 0 saturated carbocycles. The SMILES string of the molecule is Cn1cnc2ccc(/C=C3\N=C(NC[C@H](O)c4ccccc4)NC3=O)cc21. The minimum absolute atomic E-state index is 0.247. The predicted octanol–water partition coefficient (Wildman–Crippen LogP) is 1.72. The van der Waals surface area contributed by atoms with Crippen molar-refractivity contribution in [3.8, 4) is 0 Å². The third-order valence-corrected chi connectivity index (χ3v) is 4.40. The van der Waals surface area contributed by atoms with Gasteiger partial charge in [0, 0.05) is 13.6 Å². The third kappa shape index (κ3) is 3.58. The van der Waals surface area contributed by atoms with Gasteiger partial charge in [-0.25, -0.2) is 9.98 Å². The van der Waals surface area contributed by atoms with Crippen LogP contribution >= 0.6 is 0 Å². The van der Waals surface area contributed by atoms with Gasteiger partial charge >= 0.3 is 0 Å². The Balaban J connectivity index is 1.48. The number of hydrogen-bond donors (Lipinski definition) is 3. The van der Waals surface area contributed by atoms with Gasteiger partial charge in [-0.2, -0.15) is 0 Å². The molecule has 0 radical (unpaired) electrons. The molecule has 4 rings (SSSR count). The van der Waals surface area contributed by atoms with Crippen molar-refractivity contribution in [3.05, 3.63) is 71.7 Å². The largest absolute Gasteiger partial charge is 0.387 e. The molecule has 3 aromatic rings. The van der Waals surface area contributed by atoms with Crippen molar-refractivity contribution in [2.24, 2.45) is 12.0 Å². The molecule has 0 fully saturated rings. The Labute approximate surface area is 156 Å². The number of nitrogens with one attached hydrogen (secondary N) is 2. The summed E-state index contributed by atoms with van der Waals surface area (Å²) in [6, 6.07) is 15.1. The molecule has 3 N–H and O–H groups in total. The molecular formula is C20H19N5O2. The van der Waals surface area contributed by atoms with Gasteiger partial charge in [0.15, 0.2) is 0 Å². The standard InChI is InChI=1S/C20H19N5O2/c1-25-12-22-15-8-7-13(10-17(15)25)9-16-19(27)24-20(23-16)21-11-18(26)14-5-3-2-4-6-14/h2-10,12,18,26H,11H2,1H3,(H2,21,23,24,27)/b16-9-/t18-/m0/s1. The molecule has 136 valence electrons. The number of fused-ring (bicyclic) bond motifs is 1. The molecule has 1 aromatic heterocycles. The smallest absolute Gasteiger partial charge is 0.276 e. The summed E-state index contributed by atoms with van der Waals surface area (Å²) >= 11 is 0. The Bertz CT molecular complexity index is 1050. The molecule has 1 aliphatic heterocycles. The lowest BCUT2D eigenvalue weighted by Crippen LogP contribution is -2.38. The van der Waals surface area contributed by atoms with Crippen molar-refractivity contribution in [1.82, 2.24) is 20.2 Å². The monoisotopic (exact) mass is 361 g/mol. The zero-order chi connectivity index (χ0) is 18.8. The minimum atomic E-state index is -0.689. The molecule has 27 heavy (non-hydrogen) atoms. The number of hydrogen-bond acceptors (Lipinski definition) is 5. The van der Waals surface area contributed by atoms with Crippen LogP contribution in [-0.4, -0.2) is 33.1 Å². The van der Waals surface area contributed by atoms with Crippen molar-refractivity contribution in [1.29, 1.82) is 0 Å². The van der Waals surface area contributed by atoms with Gasteiger partial charge in [0.1, 0.15) is 5.70 Å². The summed E-state index contributed by atoms with van der Waals surface area (Å²) in [6.07, 6.45) is 2.79. The lowest BCUT2D eigenvalue weighted by atomic mass is 10.1. The van der Waals surface area contributed by atoms with Crippen molar-refractivity contribution in [3.63, 3.8) is 0 Å². The molecule has 0 saturated heterocycles. The van der Waals surface area contributed by atoms with Crippen LogP contribution in [0.2, 0.25) is 0 Å². The molecule has 1 amide bonds. The zero-order valence-electron chi connectivity index (χ0n) is 14.8. The van der Waals surface area contributed by atoms with Crippen molar-refractivity contribution >= 4 is 29.0 Å². The van der Waals surface area contributed by atoms with Crippen LogP contribution in [0.25, 0.3) is 17.1 Å². The van der Waals surface area contributed by atoms with Gasteiger partial charge in [-0.05, 0) is 29.3 Å². The summed E-state index contributed by atoms with van der Waals surface area (Å²) < 4.78 is 1.92. The van der Waals surface area contributed by atoms with E-state index in [1.54, 1.807) is 12.4 Å². The van der Waals surface area contributed by atoms with Crippen LogP contribution in [0.5, 0.6) is 0 Å². The maximum Gasteiger partial charge on any atom is 0.276 e. The first kappa shape index (κ1) is 17.0. The van der Waals surface area contributed by atoms with Gasteiger partial charge in [0.2, 0.25) is 5.96 Å². The van der Waals surface area contributed by atoms with Crippen LogP contribution in [0.4, 0.5) is 0 Å². The van der Waals surface area contributed by atoms with Gasteiger partial charge in [-0.3, -0.25) is 10.1 Å². The number of amides is 1. The number of aromatic nitrogens is 2. The minimum Gasteiger partial charge on any atom is -0.387 e. The summed E-state index contributed by atoms with van der Waals surface area (Å²) in [7, 11) is 1.92. The normalized spacial score (nSPS) is 16.4. The molecule has 0 spiro atoms. The van der Waals surface area contributed by atoms with E-state index in [0.717, 1.165) is 22.2 Å².